The largest absolute Gasteiger partial charge is 0.482 e. The minimum absolute atomic E-state index is 0.0997. The van der Waals surface area contributed by atoms with Crippen LogP contribution in [0.2, 0.25) is 10.0 Å². The molecule has 1 saturated heterocycles. The summed E-state index contributed by atoms with van der Waals surface area (Å²) in [6, 6.07) is 11.7. The van der Waals surface area contributed by atoms with Crippen LogP contribution in [0.25, 0.3) is 11.1 Å². The molecule has 34 heavy (non-hydrogen) atoms. The summed E-state index contributed by atoms with van der Waals surface area (Å²) < 4.78 is 25.2. The van der Waals surface area contributed by atoms with Crippen LogP contribution in [0, 0.1) is 5.82 Å². The number of nitrogens with two attached hydrogens (primary N) is 1. The number of amides is 1. The molecule has 0 radical (unpaired) electrons. The molecule has 2 aromatic carbocycles. The number of aromatic nitrogens is 1. The van der Waals surface area contributed by atoms with Gasteiger partial charge in [0.2, 0.25) is 0 Å². The molecule has 1 aliphatic heterocycles. The van der Waals surface area contributed by atoms with Gasteiger partial charge in [-0.25, -0.2) is 9.37 Å². The van der Waals surface area contributed by atoms with E-state index in [0.717, 1.165) is 24.0 Å². The number of pyridine rings is 1. The minimum Gasteiger partial charge on any atom is -0.482 e. The molecule has 3 N–H and O–H groups in total. The Hall–Kier alpha value is -2.87. The topological polar surface area (TPSA) is 86.5 Å². The Kier molecular flexibility index (Phi) is 7.56. The first-order chi connectivity index (χ1) is 16.3. The normalized spacial score (nSPS) is 15.1. The van der Waals surface area contributed by atoms with Gasteiger partial charge in [-0.1, -0.05) is 35.3 Å². The second kappa shape index (κ2) is 10.6. The van der Waals surface area contributed by atoms with E-state index in [1.165, 1.54) is 12.1 Å². The Morgan fingerprint density at radius 2 is 1.88 bits per heavy atom. The average Bonchev–Trinajstić information content (AvgIpc) is 2.84. The number of nitrogens with zero attached hydrogens (tertiary/aromatic N) is 1. The lowest BCUT2D eigenvalue weighted by atomic mass is 10.0. The summed E-state index contributed by atoms with van der Waals surface area (Å²) in [6.45, 7) is 3.02. The fraction of sp³-hybridized carbons (Fsp3) is 0.280. The highest BCUT2D eigenvalue weighted by Gasteiger charge is 2.20. The van der Waals surface area contributed by atoms with Gasteiger partial charge in [-0.3, -0.25) is 4.79 Å². The fourth-order valence-corrected chi connectivity index (χ4v) is 4.47. The zero-order valence-electron chi connectivity index (χ0n) is 18.5. The molecular weight excluding hydrogens is 480 g/mol. The number of nitrogen functional groups attached to an aromatic ring is 1. The van der Waals surface area contributed by atoms with E-state index in [4.69, 9.17) is 38.4 Å². The van der Waals surface area contributed by atoms with Crippen LogP contribution in [0.4, 0.5) is 10.2 Å². The Labute approximate surface area is 207 Å². The van der Waals surface area contributed by atoms with Crippen LogP contribution in [0.5, 0.6) is 5.75 Å². The maximum absolute atomic E-state index is 13.9. The molecule has 0 aliphatic carbocycles. The van der Waals surface area contributed by atoms with E-state index in [-0.39, 0.29) is 27.8 Å². The summed E-state index contributed by atoms with van der Waals surface area (Å²) in [7, 11) is 0. The molecule has 9 heteroatoms. The summed E-state index contributed by atoms with van der Waals surface area (Å²) >= 11 is 12.3. The molecule has 4 rings (SSSR count). The quantitative estimate of drug-likeness (QED) is 0.413. The molecule has 1 aromatic heterocycles. The number of rotatable bonds is 6. The van der Waals surface area contributed by atoms with Crippen molar-refractivity contribution in [3.63, 3.8) is 0 Å². The summed E-state index contributed by atoms with van der Waals surface area (Å²) in [6.07, 6.45) is 2.57. The van der Waals surface area contributed by atoms with Gasteiger partial charge < -0.3 is 20.5 Å². The zero-order valence-corrected chi connectivity index (χ0v) is 20.0. The maximum Gasteiger partial charge on any atom is 0.251 e. The molecule has 0 spiro atoms. The lowest BCUT2D eigenvalue weighted by molar-refractivity contribution is 0.0696. The highest BCUT2D eigenvalue weighted by atomic mass is 35.5. The number of carbonyl (C=O) groups is 1. The fourth-order valence-electron chi connectivity index (χ4n) is 3.80. The van der Waals surface area contributed by atoms with Crippen molar-refractivity contribution in [3.8, 4) is 16.9 Å². The maximum atomic E-state index is 13.9. The number of nitrogens with one attached hydrogen (secondary N) is 1. The molecule has 1 atom stereocenters. The van der Waals surface area contributed by atoms with E-state index in [0.29, 0.717) is 30.1 Å². The summed E-state index contributed by atoms with van der Waals surface area (Å²) in [5.41, 5.74) is 8.48. The molecule has 1 amide bonds. The average molecular weight is 504 g/mol. The Bertz CT molecular complexity index is 1180. The number of benzene rings is 2. The summed E-state index contributed by atoms with van der Waals surface area (Å²) in [5.74, 6) is -0.220. The monoisotopic (exact) mass is 503 g/mol. The van der Waals surface area contributed by atoms with Crippen molar-refractivity contribution in [2.45, 2.75) is 31.9 Å². The van der Waals surface area contributed by atoms with E-state index >= 15 is 0 Å². The van der Waals surface area contributed by atoms with Crippen LogP contribution < -0.4 is 15.8 Å². The predicted molar refractivity (Wildman–Crippen MR) is 131 cm³/mol. The van der Waals surface area contributed by atoms with E-state index in [1.54, 1.807) is 31.3 Å². The van der Waals surface area contributed by atoms with E-state index in [9.17, 15) is 9.18 Å². The summed E-state index contributed by atoms with van der Waals surface area (Å²) in [4.78, 5) is 16.8. The van der Waals surface area contributed by atoms with Gasteiger partial charge in [0.15, 0.2) is 11.6 Å². The van der Waals surface area contributed by atoms with Gasteiger partial charge in [-0.15, -0.1) is 0 Å². The zero-order chi connectivity index (χ0) is 24.2. The van der Waals surface area contributed by atoms with Crippen LogP contribution >= 0.6 is 23.2 Å². The number of carbonyl (C=O) groups excluding carboxylic acids is 1. The van der Waals surface area contributed by atoms with E-state index in [1.807, 2.05) is 12.1 Å². The molecule has 178 valence electrons. The van der Waals surface area contributed by atoms with Crippen LogP contribution in [-0.4, -0.2) is 30.1 Å². The third-order valence-corrected chi connectivity index (χ3v) is 6.42. The van der Waals surface area contributed by atoms with Crippen LogP contribution in [-0.2, 0) is 4.74 Å². The molecule has 1 unspecified atom stereocenters. The van der Waals surface area contributed by atoms with Gasteiger partial charge in [-0.2, -0.15) is 0 Å². The van der Waals surface area contributed by atoms with E-state index < -0.39 is 11.9 Å². The minimum atomic E-state index is -0.675. The molecule has 1 aliphatic rings. The van der Waals surface area contributed by atoms with Gasteiger partial charge >= 0.3 is 0 Å². The third kappa shape index (κ3) is 5.43. The van der Waals surface area contributed by atoms with Crippen LogP contribution in [0.1, 0.15) is 41.8 Å². The first-order valence-electron chi connectivity index (χ1n) is 10.9. The van der Waals surface area contributed by atoms with E-state index in [2.05, 4.69) is 10.3 Å². The molecule has 1 fully saturated rings. The first-order valence-corrected chi connectivity index (χ1v) is 11.6. The van der Waals surface area contributed by atoms with Crippen LogP contribution in [0.15, 0.2) is 48.7 Å². The van der Waals surface area contributed by atoms with Gasteiger partial charge in [0.05, 0.1) is 5.02 Å². The Morgan fingerprint density at radius 1 is 1.18 bits per heavy atom. The highest BCUT2D eigenvalue weighted by Crippen LogP contribution is 2.37. The number of anilines is 1. The molecular formula is C25H24Cl2FN3O3. The van der Waals surface area contributed by atoms with Crippen molar-refractivity contribution in [1.29, 1.82) is 0 Å². The van der Waals surface area contributed by atoms with Gasteiger partial charge in [0.25, 0.3) is 5.91 Å². The number of ether oxygens (including phenoxy) is 2. The van der Waals surface area contributed by atoms with Crippen molar-refractivity contribution >= 4 is 34.9 Å². The Balaban J connectivity index is 1.50. The van der Waals surface area contributed by atoms with Crippen molar-refractivity contribution in [1.82, 2.24) is 10.3 Å². The SMILES string of the molecule is CC(Oc1cc(-c2ccc(C(=O)NC3CCOCC3)cc2)cnc1N)c1c(Cl)ccc(F)c1Cl. The van der Waals surface area contributed by atoms with Crippen molar-refractivity contribution in [3.05, 3.63) is 75.7 Å². The van der Waals surface area contributed by atoms with Crippen molar-refractivity contribution in [2.75, 3.05) is 18.9 Å². The van der Waals surface area contributed by atoms with Crippen molar-refractivity contribution < 1.29 is 18.7 Å². The number of hydrogen-bond donors (Lipinski definition) is 2. The van der Waals surface area contributed by atoms with Gasteiger partial charge in [0, 0.05) is 47.2 Å². The second-order valence-corrected chi connectivity index (χ2v) is 8.85. The van der Waals surface area contributed by atoms with Crippen molar-refractivity contribution in [2.24, 2.45) is 0 Å². The molecule has 2 heterocycles. The van der Waals surface area contributed by atoms with Gasteiger partial charge in [-0.05, 0) is 55.7 Å². The molecule has 0 saturated carbocycles. The highest BCUT2D eigenvalue weighted by molar-refractivity contribution is 6.36. The lowest BCUT2D eigenvalue weighted by Gasteiger charge is -2.23. The third-order valence-electron chi connectivity index (χ3n) is 5.71. The lowest BCUT2D eigenvalue weighted by Crippen LogP contribution is -2.38. The first kappa shape index (κ1) is 24.3. The molecule has 6 nitrogen and oxygen atoms in total. The molecule has 3 aromatic rings. The van der Waals surface area contributed by atoms with Crippen LogP contribution in [0.3, 0.4) is 0 Å². The summed E-state index contributed by atoms with van der Waals surface area (Å²) in [5, 5.41) is 3.23. The van der Waals surface area contributed by atoms with Gasteiger partial charge in [0.1, 0.15) is 11.9 Å². The Morgan fingerprint density at radius 3 is 2.59 bits per heavy atom. The smallest absolute Gasteiger partial charge is 0.251 e. The predicted octanol–water partition coefficient (Wildman–Crippen LogP) is 5.83. The standard InChI is InChI=1S/C25H24Cl2FN3O3/c1-14(22-19(26)6-7-20(28)23(22)27)34-21-12-17(13-30-24(21)29)15-2-4-16(5-3-15)25(32)31-18-8-10-33-11-9-18/h2-7,12-14,18H,8-11H2,1H3,(H2,29,30)(H,31,32). The number of halogens is 3. The molecule has 0 bridgehead atoms. The number of hydrogen-bond acceptors (Lipinski definition) is 5. The second-order valence-electron chi connectivity index (χ2n) is 8.06.